The number of aryl methyl sites for hydroxylation is 2. The molecule has 1 aliphatic heterocycles. The van der Waals surface area contributed by atoms with Crippen LogP contribution in [0.25, 0.3) is 0 Å². The zero-order chi connectivity index (χ0) is 18.8. The average molecular weight is 369 g/mol. The number of carbonyl (C=O) groups excluding carboxylic acids is 1. The van der Waals surface area contributed by atoms with Crippen molar-refractivity contribution in [2.24, 2.45) is 0 Å². The van der Waals surface area contributed by atoms with Crippen molar-refractivity contribution in [1.82, 2.24) is 13.5 Å². The van der Waals surface area contributed by atoms with Crippen LogP contribution in [0.4, 0.5) is 0 Å². The number of piperazine rings is 1. The Morgan fingerprint density at radius 1 is 1.12 bits per heavy atom. The molecule has 0 saturated carbocycles. The summed E-state index contributed by atoms with van der Waals surface area (Å²) >= 11 is 0. The number of rotatable bonds is 5. The molecule has 0 atom stereocenters. The van der Waals surface area contributed by atoms with Crippen LogP contribution >= 0.6 is 0 Å². The molecule has 1 aromatic rings. The highest BCUT2D eigenvalue weighted by molar-refractivity contribution is 7.86. The third kappa shape index (κ3) is 4.31. The van der Waals surface area contributed by atoms with Crippen molar-refractivity contribution < 1.29 is 17.9 Å². The fourth-order valence-corrected chi connectivity index (χ4v) is 4.02. The maximum Gasteiger partial charge on any atom is 0.281 e. The normalized spacial score (nSPS) is 16.3. The second kappa shape index (κ2) is 7.72. The molecule has 1 saturated heterocycles. The molecule has 1 aliphatic rings. The van der Waals surface area contributed by atoms with E-state index in [1.807, 2.05) is 26.0 Å². The zero-order valence-electron chi connectivity index (χ0n) is 15.6. The minimum Gasteiger partial charge on any atom is -0.496 e. The van der Waals surface area contributed by atoms with Crippen molar-refractivity contribution in [3.05, 3.63) is 28.8 Å². The largest absolute Gasteiger partial charge is 0.496 e. The van der Waals surface area contributed by atoms with Gasteiger partial charge in [-0.05, 0) is 36.6 Å². The van der Waals surface area contributed by atoms with Gasteiger partial charge in [0.05, 0.1) is 13.5 Å². The Hall–Kier alpha value is -1.64. The second-order valence-corrected chi connectivity index (χ2v) is 8.64. The number of hydrogen-bond donors (Lipinski definition) is 0. The first kappa shape index (κ1) is 19.7. The monoisotopic (exact) mass is 369 g/mol. The van der Waals surface area contributed by atoms with Crippen molar-refractivity contribution in [3.8, 4) is 5.75 Å². The second-order valence-electron chi connectivity index (χ2n) is 6.50. The van der Waals surface area contributed by atoms with Crippen LogP contribution in [0, 0.1) is 13.8 Å². The van der Waals surface area contributed by atoms with Gasteiger partial charge in [0.15, 0.2) is 0 Å². The summed E-state index contributed by atoms with van der Waals surface area (Å²) in [5, 5.41) is 0. The van der Waals surface area contributed by atoms with Gasteiger partial charge in [-0.1, -0.05) is 6.07 Å². The van der Waals surface area contributed by atoms with Gasteiger partial charge in [0.25, 0.3) is 10.2 Å². The molecule has 0 bridgehead atoms. The van der Waals surface area contributed by atoms with Gasteiger partial charge in [-0.3, -0.25) is 4.79 Å². The number of amides is 1. The molecule has 0 radical (unpaired) electrons. The van der Waals surface area contributed by atoms with E-state index < -0.39 is 10.2 Å². The fourth-order valence-electron chi connectivity index (χ4n) is 2.93. The lowest BCUT2D eigenvalue weighted by Gasteiger charge is -2.35. The van der Waals surface area contributed by atoms with Crippen LogP contribution < -0.4 is 4.74 Å². The van der Waals surface area contributed by atoms with Crippen LogP contribution in [0.3, 0.4) is 0 Å². The Kier molecular flexibility index (Phi) is 6.08. The number of nitrogens with zero attached hydrogens (tertiary/aromatic N) is 3. The summed E-state index contributed by atoms with van der Waals surface area (Å²) in [6, 6.07) is 3.93. The molecule has 7 nitrogen and oxygen atoms in total. The number of hydrogen-bond acceptors (Lipinski definition) is 4. The third-order valence-corrected chi connectivity index (χ3v) is 6.51. The SMILES string of the molecule is COc1cc(C)c(CC(=O)N2CCN(S(=O)(=O)N(C)C)CC2)cc1C. The van der Waals surface area contributed by atoms with Crippen LogP contribution in [0.15, 0.2) is 12.1 Å². The molecule has 1 heterocycles. The Morgan fingerprint density at radius 3 is 2.24 bits per heavy atom. The predicted octanol–water partition coefficient (Wildman–Crippen LogP) is 0.805. The maximum absolute atomic E-state index is 12.6. The van der Waals surface area contributed by atoms with Crippen molar-refractivity contribution in [3.63, 3.8) is 0 Å². The molecule has 1 amide bonds. The van der Waals surface area contributed by atoms with Crippen LogP contribution in [0.5, 0.6) is 5.75 Å². The zero-order valence-corrected chi connectivity index (χ0v) is 16.4. The van der Waals surface area contributed by atoms with E-state index in [4.69, 9.17) is 4.74 Å². The van der Waals surface area contributed by atoms with Gasteiger partial charge in [0.1, 0.15) is 5.75 Å². The Morgan fingerprint density at radius 2 is 1.72 bits per heavy atom. The van der Waals surface area contributed by atoms with Crippen molar-refractivity contribution in [2.45, 2.75) is 20.3 Å². The number of methoxy groups -OCH3 is 1. The van der Waals surface area contributed by atoms with E-state index in [0.29, 0.717) is 32.6 Å². The molecule has 8 heteroatoms. The van der Waals surface area contributed by atoms with Crippen molar-refractivity contribution in [1.29, 1.82) is 0 Å². The van der Waals surface area contributed by atoms with Gasteiger partial charge >= 0.3 is 0 Å². The van der Waals surface area contributed by atoms with Crippen LogP contribution in [0.2, 0.25) is 0 Å². The van der Waals surface area contributed by atoms with Crippen LogP contribution in [-0.2, 0) is 21.4 Å². The topological polar surface area (TPSA) is 70.2 Å². The lowest BCUT2D eigenvalue weighted by molar-refractivity contribution is -0.131. The van der Waals surface area contributed by atoms with Gasteiger partial charge in [-0.25, -0.2) is 0 Å². The summed E-state index contributed by atoms with van der Waals surface area (Å²) < 4.78 is 32.2. The highest BCUT2D eigenvalue weighted by Gasteiger charge is 2.30. The highest BCUT2D eigenvalue weighted by atomic mass is 32.2. The predicted molar refractivity (Wildman–Crippen MR) is 96.9 cm³/mol. The minimum atomic E-state index is -3.41. The third-order valence-electron chi connectivity index (χ3n) is 4.57. The van der Waals surface area contributed by atoms with Gasteiger partial charge in [0, 0.05) is 40.3 Å². The Labute approximate surface area is 150 Å². The first-order valence-corrected chi connectivity index (χ1v) is 9.66. The standard InChI is InChI=1S/C17H27N3O4S/c1-13-11-16(24-5)14(2)10-15(13)12-17(21)19-6-8-20(9-7-19)25(22,23)18(3)4/h10-11H,6-9,12H2,1-5H3. The van der Waals surface area contributed by atoms with E-state index in [0.717, 1.165) is 22.4 Å². The Bertz CT molecular complexity index is 739. The van der Waals surface area contributed by atoms with Gasteiger partial charge < -0.3 is 9.64 Å². The van der Waals surface area contributed by atoms with Gasteiger partial charge in [-0.2, -0.15) is 17.0 Å². The van der Waals surface area contributed by atoms with E-state index in [9.17, 15) is 13.2 Å². The lowest BCUT2D eigenvalue weighted by atomic mass is 10.0. The first-order valence-electron chi connectivity index (χ1n) is 8.26. The van der Waals surface area contributed by atoms with E-state index in [2.05, 4.69) is 0 Å². The van der Waals surface area contributed by atoms with E-state index >= 15 is 0 Å². The summed E-state index contributed by atoms with van der Waals surface area (Å²) in [4.78, 5) is 14.3. The molecule has 0 spiro atoms. The smallest absolute Gasteiger partial charge is 0.281 e. The molecule has 0 unspecified atom stereocenters. The fraction of sp³-hybridized carbons (Fsp3) is 0.588. The van der Waals surface area contributed by atoms with Crippen molar-refractivity contribution >= 4 is 16.1 Å². The average Bonchev–Trinajstić information content (AvgIpc) is 2.57. The van der Waals surface area contributed by atoms with E-state index in [-0.39, 0.29) is 5.91 Å². The molecule has 0 N–H and O–H groups in total. The van der Waals surface area contributed by atoms with E-state index in [1.54, 1.807) is 12.0 Å². The lowest BCUT2D eigenvalue weighted by Crippen LogP contribution is -2.53. The number of carbonyl (C=O) groups is 1. The summed E-state index contributed by atoms with van der Waals surface area (Å²) in [5.41, 5.74) is 2.99. The molecular weight excluding hydrogens is 342 g/mol. The van der Waals surface area contributed by atoms with E-state index in [1.165, 1.54) is 22.7 Å². The molecule has 0 aliphatic carbocycles. The summed E-state index contributed by atoms with van der Waals surface area (Å²) in [6.07, 6.45) is 0.317. The summed E-state index contributed by atoms with van der Waals surface area (Å²) in [5.74, 6) is 0.839. The van der Waals surface area contributed by atoms with Crippen LogP contribution in [-0.4, -0.2) is 75.2 Å². The first-order chi connectivity index (χ1) is 11.7. The number of benzene rings is 1. The molecule has 0 aromatic heterocycles. The molecule has 1 fully saturated rings. The van der Waals surface area contributed by atoms with Gasteiger partial charge in [-0.15, -0.1) is 0 Å². The Balaban J connectivity index is 2.01. The molecule has 140 valence electrons. The quantitative estimate of drug-likeness (QED) is 0.770. The molecule has 1 aromatic carbocycles. The highest BCUT2D eigenvalue weighted by Crippen LogP contribution is 2.23. The number of ether oxygens (including phenoxy) is 1. The molecule has 25 heavy (non-hydrogen) atoms. The summed E-state index contributed by atoms with van der Waals surface area (Å²) in [6.45, 7) is 5.41. The van der Waals surface area contributed by atoms with Crippen molar-refractivity contribution in [2.75, 3.05) is 47.4 Å². The van der Waals surface area contributed by atoms with Gasteiger partial charge in [0.2, 0.25) is 5.91 Å². The molecular formula is C17H27N3O4S. The minimum absolute atomic E-state index is 0.0227. The maximum atomic E-state index is 12.6. The molecule has 2 rings (SSSR count). The summed E-state index contributed by atoms with van der Waals surface area (Å²) in [7, 11) is 1.25. The van der Waals surface area contributed by atoms with Crippen LogP contribution in [0.1, 0.15) is 16.7 Å².